The molecule has 1 aromatic carbocycles. The molecule has 0 saturated heterocycles. The summed E-state index contributed by atoms with van der Waals surface area (Å²) in [4.78, 5) is 0. The van der Waals surface area contributed by atoms with Crippen LogP contribution in [0.25, 0.3) is 11.3 Å². The van der Waals surface area contributed by atoms with Crippen LogP contribution < -0.4 is 5.73 Å². The highest BCUT2D eigenvalue weighted by Gasteiger charge is 2.05. The molecule has 0 bridgehead atoms. The summed E-state index contributed by atoms with van der Waals surface area (Å²) < 4.78 is 1.82. The minimum Gasteiger partial charge on any atom is -0.398 e. The highest BCUT2D eigenvalue weighted by molar-refractivity contribution is 5.74. The van der Waals surface area contributed by atoms with Gasteiger partial charge in [-0.2, -0.15) is 5.10 Å². The summed E-state index contributed by atoms with van der Waals surface area (Å²) in [5.74, 6) is 0. The van der Waals surface area contributed by atoms with Gasteiger partial charge in [0, 0.05) is 24.5 Å². The maximum absolute atomic E-state index is 5.94. The fourth-order valence-electron chi connectivity index (χ4n) is 1.55. The number of anilines is 1. The summed E-state index contributed by atoms with van der Waals surface area (Å²) in [7, 11) is 1.91. The second-order valence-corrected chi connectivity index (χ2v) is 3.43. The number of nitrogens with zero attached hydrogens (tertiary/aromatic N) is 2. The molecule has 0 radical (unpaired) electrons. The molecule has 0 aliphatic rings. The van der Waals surface area contributed by atoms with E-state index in [9.17, 15) is 0 Å². The van der Waals surface area contributed by atoms with Crippen LogP contribution in [0, 0.1) is 6.92 Å². The Morgan fingerprint density at radius 3 is 2.64 bits per heavy atom. The van der Waals surface area contributed by atoms with E-state index in [1.54, 1.807) is 6.20 Å². The lowest BCUT2D eigenvalue weighted by atomic mass is 10.1. The van der Waals surface area contributed by atoms with Crippen LogP contribution >= 0.6 is 0 Å². The molecule has 2 rings (SSSR count). The quantitative estimate of drug-likeness (QED) is 0.694. The molecular formula is C11H13N3. The van der Waals surface area contributed by atoms with Gasteiger partial charge in [-0.1, -0.05) is 12.1 Å². The minimum atomic E-state index is 0.800. The van der Waals surface area contributed by atoms with Gasteiger partial charge in [-0.3, -0.25) is 4.68 Å². The van der Waals surface area contributed by atoms with E-state index in [4.69, 9.17) is 5.73 Å². The number of aromatic nitrogens is 2. The Balaban J connectivity index is 2.58. The maximum atomic E-state index is 5.94. The van der Waals surface area contributed by atoms with E-state index in [-0.39, 0.29) is 0 Å². The van der Waals surface area contributed by atoms with Crippen molar-refractivity contribution in [2.75, 3.05) is 5.73 Å². The van der Waals surface area contributed by atoms with Crippen LogP contribution in [-0.4, -0.2) is 9.78 Å². The first-order valence-corrected chi connectivity index (χ1v) is 4.53. The van der Waals surface area contributed by atoms with Gasteiger partial charge in [-0.25, -0.2) is 0 Å². The molecule has 14 heavy (non-hydrogen) atoms. The molecule has 2 aromatic rings. The third-order valence-corrected chi connectivity index (χ3v) is 2.30. The third kappa shape index (κ3) is 1.37. The molecule has 0 amide bonds. The third-order valence-electron chi connectivity index (χ3n) is 2.30. The van der Waals surface area contributed by atoms with Gasteiger partial charge in [0.1, 0.15) is 0 Å². The lowest BCUT2D eigenvalue weighted by Crippen LogP contribution is -1.97. The Morgan fingerprint density at radius 1 is 1.29 bits per heavy atom. The number of aryl methyl sites for hydroxylation is 2. The molecule has 3 nitrogen and oxygen atoms in total. The molecule has 1 aromatic heterocycles. The first-order valence-electron chi connectivity index (χ1n) is 4.53. The summed E-state index contributed by atoms with van der Waals surface area (Å²) in [6, 6.07) is 8.02. The van der Waals surface area contributed by atoms with Crippen molar-refractivity contribution in [3.63, 3.8) is 0 Å². The van der Waals surface area contributed by atoms with Crippen molar-refractivity contribution in [1.82, 2.24) is 9.78 Å². The summed E-state index contributed by atoms with van der Waals surface area (Å²) in [6.45, 7) is 2.03. The van der Waals surface area contributed by atoms with Gasteiger partial charge in [-0.15, -0.1) is 0 Å². The van der Waals surface area contributed by atoms with Crippen LogP contribution in [0.4, 0.5) is 5.69 Å². The number of rotatable bonds is 1. The average molecular weight is 187 g/mol. The van der Waals surface area contributed by atoms with Crippen LogP contribution in [0.2, 0.25) is 0 Å². The fraction of sp³-hybridized carbons (Fsp3) is 0.182. The Labute approximate surface area is 83.2 Å². The molecule has 1 heterocycles. The van der Waals surface area contributed by atoms with E-state index >= 15 is 0 Å². The van der Waals surface area contributed by atoms with Crippen LogP contribution in [0.1, 0.15) is 5.56 Å². The summed E-state index contributed by atoms with van der Waals surface area (Å²) in [5.41, 5.74) is 10.00. The lowest BCUT2D eigenvalue weighted by Gasteiger charge is -2.06. The molecular weight excluding hydrogens is 174 g/mol. The molecule has 0 fully saturated rings. The first kappa shape index (κ1) is 8.81. The van der Waals surface area contributed by atoms with Crippen molar-refractivity contribution in [1.29, 1.82) is 0 Å². The Bertz CT molecular complexity index is 457. The van der Waals surface area contributed by atoms with Gasteiger partial charge < -0.3 is 5.73 Å². The maximum Gasteiger partial charge on any atom is 0.0699 e. The van der Waals surface area contributed by atoms with E-state index in [0.717, 1.165) is 16.9 Å². The van der Waals surface area contributed by atoms with Crippen LogP contribution in [-0.2, 0) is 7.05 Å². The number of nitrogen functional groups attached to an aromatic ring is 1. The second kappa shape index (κ2) is 3.18. The normalized spacial score (nSPS) is 10.4. The molecule has 72 valence electrons. The largest absolute Gasteiger partial charge is 0.398 e. The first-order chi connectivity index (χ1) is 6.68. The van der Waals surface area contributed by atoms with Gasteiger partial charge in [-0.05, 0) is 24.6 Å². The number of benzene rings is 1. The Morgan fingerprint density at radius 2 is 2.07 bits per heavy atom. The zero-order chi connectivity index (χ0) is 10.1. The van der Waals surface area contributed by atoms with Gasteiger partial charge in [0.25, 0.3) is 0 Å². The topological polar surface area (TPSA) is 43.8 Å². The Hall–Kier alpha value is -1.77. The van der Waals surface area contributed by atoms with Crippen LogP contribution in [0.3, 0.4) is 0 Å². The van der Waals surface area contributed by atoms with E-state index in [2.05, 4.69) is 11.2 Å². The van der Waals surface area contributed by atoms with Crippen molar-refractivity contribution < 1.29 is 0 Å². The molecule has 0 spiro atoms. The number of nitrogens with two attached hydrogens (primary N) is 1. The SMILES string of the molecule is Cc1ccc(-c2ccnn2C)c(N)c1. The highest BCUT2D eigenvalue weighted by Crippen LogP contribution is 2.25. The number of hydrogen-bond donors (Lipinski definition) is 1. The molecule has 2 N–H and O–H groups in total. The van der Waals surface area contributed by atoms with Gasteiger partial charge in [0.2, 0.25) is 0 Å². The lowest BCUT2D eigenvalue weighted by molar-refractivity contribution is 0.776. The van der Waals surface area contributed by atoms with Crippen molar-refractivity contribution in [2.45, 2.75) is 6.92 Å². The predicted octanol–water partition coefficient (Wildman–Crippen LogP) is 1.98. The molecule has 0 atom stereocenters. The second-order valence-electron chi connectivity index (χ2n) is 3.43. The molecule has 0 unspecified atom stereocenters. The predicted molar refractivity (Wildman–Crippen MR) is 57.8 cm³/mol. The Kier molecular flexibility index (Phi) is 2.00. The standard InChI is InChI=1S/C11H13N3/c1-8-3-4-9(10(12)7-8)11-5-6-13-14(11)2/h3-7H,12H2,1-2H3. The van der Waals surface area contributed by atoms with Gasteiger partial charge >= 0.3 is 0 Å². The van der Waals surface area contributed by atoms with Crippen molar-refractivity contribution in [2.24, 2.45) is 7.05 Å². The van der Waals surface area contributed by atoms with Crippen molar-refractivity contribution in [3.8, 4) is 11.3 Å². The number of hydrogen-bond acceptors (Lipinski definition) is 2. The summed E-state index contributed by atoms with van der Waals surface area (Å²) in [5, 5.41) is 4.12. The summed E-state index contributed by atoms with van der Waals surface area (Å²) >= 11 is 0. The molecule has 0 aliphatic carbocycles. The summed E-state index contributed by atoms with van der Waals surface area (Å²) in [6.07, 6.45) is 1.77. The minimum absolute atomic E-state index is 0.800. The van der Waals surface area contributed by atoms with Crippen molar-refractivity contribution in [3.05, 3.63) is 36.0 Å². The highest BCUT2D eigenvalue weighted by atomic mass is 15.3. The fourth-order valence-corrected chi connectivity index (χ4v) is 1.55. The zero-order valence-corrected chi connectivity index (χ0v) is 8.36. The zero-order valence-electron chi connectivity index (χ0n) is 8.36. The van der Waals surface area contributed by atoms with E-state index < -0.39 is 0 Å². The van der Waals surface area contributed by atoms with E-state index in [1.165, 1.54) is 5.56 Å². The molecule has 0 saturated carbocycles. The smallest absolute Gasteiger partial charge is 0.0699 e. The average Bonchev–Trinajstić information content (AvgIpc) is 2.52. The van der Waals surface area contributed by atoms with Crippen LogP contribution in [0.5, 0.6) is 0 Å². The van der Waals surface area contributed by atoms with E-state index in [0.29, 0.717) is 0 Å². The van der Waals surface area contributed by atoms with Gasteiger partial charge in [0.05, 0.1) is 5.69 Å². The molecule has 3 heteroatoms. The van der Waals surface area contributed by atoms with Crippen molar-refractivity contribution >= 4 is 5.69 Å². The molecule has 0 aliphatic heterocycles. The van der Waals surface area contributed by atoms with E-state index in [1.807, 2.05) is 36.9 Å². The van der Waals surface area contributed by atoms with Crippen LogP contribution in [0.15, 0.2) is 30.5 Å². The monoisotopic (exact) mass is 187 g/mol. The van der Waals surface area contributed by atoms with Gasteiger partial charge in [0.15, 0.2) is 0 Å².